The molecular weight excluding hydrogens is 399 g/mol. The van der Waals surface area contributed by atoms with Crippen molar-refractivity contribution < 1.29 is 4.79 Å². The molecule has 0 N–H and O–H groups in total. The van der Waals surface area contributed by atoms with Crippen molar-refractivity contribution in [3.8, 4) is 0 Å². The Labute approximate surface area is 152 Å². The van der Waals surface area contributed by atoms with Gasteiger partial charge in [0.25, 0.3) is 5.91 Å². The zero-order valence-electron chi connectivity index (χ0n) is 12.1. The van der Waals surface area contributed by atoms with Gasteiger partial charge in [-0.15, -0.1) is 0 Å². The third-order valence-corrected chi connectivity index (χ3v) is 4.57. The Balaban J connectivity index is 2.02. The van der Waals surface area contributed by atoms with Gasteiger partial charge in [0.15, 0.2) is 0 Å². The number of benzene rings is 2. The average Bonchev–Trinajstić information content (AvgIpc) is 2.53. The number of anilines is 1. The zero-order valence-corrected chi connectivity index (χ0v) is 15.2. The summed E-state index contributed by atoms with van der Waals surface area (Å²) in [4.78, 5) is 18.4. The molecule has 0 spiro atoms. The van der Waals surface area contributed by atoms with Crippen molar-refractivity contribution in [3.63, 3.8) is 0 Å². The van der Waals surface area contributed by atoms with E-state index in [2.05, 4.69) is 20.9 Å². The summed E-state index contributed by atoms with van der Waals surface area (Å²) in [7, 11) is 1.65. The Bertz CT molecular complexity index is 914. The molecule has 0 atom stereocenters. The van der Waals surface area contributed by atoms with Crippen molar-refractivity contribution >= 4 is 61.5 Å². The molecule has 0 aliphatic carbocycles. The van der Waals surface area contributed by atoms with Crippen LogP contribution < -0.4 is 4.90 Å². The molecule has 116 valence electrons. The van der Waals surface area contributed by atoms with Crippen molar-refractivity contribution in [2.75, 3.05) is 11.9 Å². The molecule has 3 nitrogen and oxygen atoms in total. The summed E-state index contributed by atoms with van der Waals surface area (Å²) in [5, 5.41) is 2.46. The standard InChI is InChI=1S/C17H11BrCl2N2O/c1-22(15-7-6-11(18)9-13(15)19)17(23)14-8-10-4-2-3-5-12(10)16(20)21-14/h2-9H,1H3. The van der Waals surface area contributed by atoms with E-state index >= 15 is 0 Å². The fraction of sp³-hybridized carbons (Fsp3) is 0.0588. The molecule has 1 aromatic heterocycles. The fourth-order valence-electron chi connectivity index (χ4n) is 2.30. The molecule has 0 aliphatic rings. The summed E-state index contributed by atoms with van der Waals surface area (Å²) < 4.78 is 0.846. The number of carbonyl (C=O) groups excluding carboxylic acids is 1. The Kier molecular flexibility index (Phi) is 4.57. The maximum Gasteiger partial charge on any atom is 0.276 e. The van der Waals surface area contributed by atoms with Gasteiger partial charge in [-0.2, -0.15) is 0 Å². The lowest BCUT2D eigenvalue weighted by molar-refractivity contribution is 0.0988. The summed E-state index contributed by atoms with van der Waals surface area (Å²) in [6.07, 6.45) is 0. The molecule has 0 radical (unpaired) electrons. The minimum Gasteiger partial charge on any atom is -0.309 e. The molecule has 23 heavy (non-hydrogen) atoms. The molecule has 6 heteroatoms. The first-order valence-corrected chi connectivity index (χ1v) is 8.30. The lowest BCUT2D eigenvalue weighted by atomic mass is 10.1. The van der Waals surface area contributed by atoms with Gasteiger partial charge in [-0.25, -0.2) is 4.98 Å². The maximum absolute atomic E-state index is 12.7. The summed E-state index contributed by atoms with van der Waals surface area (Å²) in [5.74, 6) is -0.276. The summed E-state index contributed by atoms with van der Waals surface area (Å²) in [6.45, 7) is 0. The van der Waals surface area contributed by atoms with Crippen molar-refractivity contribution in [1.29, 1.82) is 0 Å². The van der Waals surface area contributed by atoms with E-state index in [1.54, 1.807) is 25.2 Å². The highest BCUT2D eigenvalue weighted by Gasteiger charge is 2.19. The monoisotopic (exact) mass is 408 g/mol. The molecule has 1 heterocycles. The number of aromatic nitrogens is 1. The lowest BCUT2D eigenvalue weighted by Gasteiger charge is -2.19. The van der Waals surface area contributed by atoms with E-state index in [1.807, 2.05) is 30.3 Å². The van der Waals surface area contributed by atoms with Crippen LogP contribution in [0, 0.1) is 0 Å². The lowest BCUT2D eigenvalue weighted by Crippen LogP contribution is -2.27. The van der Waals surface area contributed by atoms with E-state index in [4.69, 9.17) is 23.2 Å². The molecule has 0 fully saturated rings. The van der Waals surface area contributed by atoms with E-state index in [-0.39, 0.29) is 11.6 Å². The number of nitrogens with zero attached hydrogens (tertiary/aromatic N) is 2. The predicted octanol–water partition coefficient (Wildman–Crippen LogP) is 5.58. The molecule has 2 aromatic carbocycles. The quantitative estimate of drug-likeness (QED) is 0.517. The van der Waals surface area contributed by atoms with Crippen LogP contribution in [0.4, 0.5) is 5.69 Å². The number of fused-ring (bicyclic) bond motifs is 1. The van der Waals surface area contributed by atoms with Crippen LogP contribution in [0.25, 0.3) is 10.8 Å². The SMILES string of the molecule is CN(C(=O)c1cc2ccccc2c(Cl)n1)c1ccc(Br)cc1Cl. The van der Waals surface area contributed by atoms with Crippen molar-refractivity contribution in [2.45, 2.75) is 0 Å². The first-order valence-electron chi connectivity index (χ1n) is 6.76. The number of pyridine rings is 1. The topological polar surface area (TPSA) is 33.2 Å². The minimum absolute atomic E-state index is 0.273. The van der Waals surface area contributed by atoms with Gasteiger partial charge in [0, 0.05) is 16.9 Å². The Morgan fingerprint density at radius 1 is 1.13 bits per heavy atom. The van der Waals surface area contributed by atoms with Gasteiger partial charge in [-0.3, -0.25) is 4.79 Å². The third kappa shape index (κ3) is 3.20. The molecule has 1 amide bonds. The molecule has 0 bridgehead atoms. The van der Waals surface area contributed by atoms with E-state index in [0.29, 0.717) is 15.9 Å². The highest BCUT2D eigenvalue weighted by Crippen LogP contribution is 2.30. The van der Waals surface area contributed by atoms with Gasteiger partial charge in [0.05, 0.1) is 10.7 Å². The van der Waals surface area contributed by atoms with Crippen LogP contribution in [0.15, 0.2) is 53.0 Å². The van der Waals surface area contributed by atoms with Crippen LogP contribution in [0.1, 0.15) is 10.5 Å². The maximum atomic E-state index is 12.7. The summed E-state index contributed by atoms with van der Waals surface area (Å²) in [5.41, 5.74) is 0.876. The van der Waals surface area contributed by atoms with Gasteiger partial charge in [0.2, 0.25) is 0 Å². The molecule has 0 aliphatic heterocycles. The van der Waals surface area contributed by atoms with E-state index in [0.717, 1.165) is 15.2 Å². The summed E-state index contributed by atoms with van der Waals surface area (Å²) >= 11 is 15.8. The second kappa shape index (κ2) is 6.48. The molecule has 3 rings (SSSR count). The van der Waals surface area contributed by atoms with Gasteiger partial charge < -0.3 is 4.90 Å². The van der Waals surface area contributed by atoms with Crippen LogP contribution in [0.2, 0.25) is 10.2 Å². The Hall–Kier alpha value is -1.62. The van der Waals surface area contributed by atoms with Crippen molar-refractivity contribution in [1.82, 2.24) is 4.98 Å². The van der Waals surface area contributed by atoms with Crippen LogP contribution in [-0.4, -0.2) is 17.9 Å². The van der Waals surface area contributed by atoms with Gasteiger partial charge in [-0.1, -0.05) is 63.4 Å². The Morgan fingerprint density at radius 3 is 2.61 bits per heavy atom. The first kappa shape index (κ1) is 16.2. The van der Waals surface area contributed by atoms with Gasteiger partial charge in [0.1, 0.15) is 10.8 Å². The fourth-order valence-corrected chi connectivity index (χ4v) is 3.36. The first-order chi connectivity index (χ1) is 11.0. The Morgan fingerprint density at radius 2 is 1.87 bits per heavy atom. The normalized spacial score (nSPS) is 10.8. The molecule has 3 aromatic rings. The van der Waals surface area contributed by atoms with Crippen molar-refractivity contribution in [3.05, 3.63) is 68.9 Å². The second-order valence-electron chi connectivity index (χ2n) is 4.98. The van der Waals surface area contributed by atoms with Gasteiger partial charge in [-0.05, 0) is 29.7 Å². The van der Waals surface area contributed by atoms with E-state index < -0.39 is 0 Å². The smallest absolute Gasteiger partial charge is 0.276 e. The van der Waals surface area contributed by atoms with Crippen LogP contribution in [-0.2, 0) is 0 Å². The number of amides is 1. The van der Waals surface area contributed by atoms with Crippen LogP contribution in [0.3, 0.4) is 0 Å². The second-order valence-corrected chi connectivity index (χ2v) is 6.66. The van der Waals surface area contributed by atoms with Gasteiger partial charge >= 0.3 is 0 Å². The number of rotatable bonds is 2. The highest BCUT2D eigenvalue weighted by atomic mass is 79.9. The summed E-state index contributed by atoms with van der Waals surface area (Å²) in [6, 6.07) is 14.6. The minimum atomic E-state index is -0.276. The largest absolute Gasteiger partial charge is 0.309 e. The van der Waals surface area contributed by atoms with Crippen LogP contribution in [0.5, 0.6) is 0 Å². The molecule has 0 saturated carbocycles. The highest BCUT2D eigenvalue weighted by molar-refractivity contribution is 9.10. The van der Waals surface area contributed by atoms with E-state index in [1.165, 1.54) is 4.90 Å². The number of hydrogen-bond acceptors (Lipinski definition) is 2. The molecule has 0 unspecified atom stereocenters. The van der Waals surface area contributed by atoms with Crippen molar-refractivity contribution in [2.24, 2.45) is 0 Å². The van der Waals surface area contributed by atoms with E-state index in [9.17, 15) is 4.79 Å². The molecular formula is C17H11BrCl2N2O. The predicted molar refractivity (Wildman–Crippen MR) is 98.6 cm³/mol. The zero-order chi connectivity index (χ0) is 16.6. The number of carbonyl (C=O) groups is 1. The number of halogens is 3. The van der Waals surface area contributed by atoms with Crippen LogP contribution >= 0.6 is 39.1 Å². The average molecular weight is 410 g/mol. The third-order valence-electron chi connectivity index (χ3n) is 3.49. The number of hydrogen-bond donors (Lipinski definition) is 0. The molecule has 0 saturated heterocycles.